The van der Waals surface area contributed by atoms with E-state index in [9.17, 15) is 8.42 Å². The molecule has 2 rings (SSSR count). The molecule has 1 aliphatic carbocycles. The van der Waals surface area contributed by atoms with E-state index in [1.165, 1.54) is 0 Å². The summed E-state index contributed by atoms with van der Waals surface area (Å²) in [5, 5.41) is 3.21. The molecule has 0 saturated heterocycles. The highest BCUT2D eigenvalue weighted by Gasteiger charge is 2.37. The summed E-state index contributed by atoms with van der Waals surface area (Å²) in [7, 11) is -1.54. The standard InChI is InChI=1S/C14H23N3O2S/c1-4-8-17(12-6-7-12)20(18,19)14-9-13(10-15-5-2)16(3)11-14/h4,9,11-12,15H,1,5-8,10H2,2-3H3. The van der Waals surface area contributed by atoms with Gasteiger partial charge in [-0.25, -0.2) is 8.42 Å². The van der Waals surface area contributed by atoms with Crippen molar-refractivity contribution in [1.82, 2.24) is 14.2 Å². The van der Waals surface area contributed by atoms with Crippen LogP contribution in [0.3, 0.4) is 0 Å². The van der Waals surface area contributed by atoms with Crippen molar-refractivity contribution in [3.63, 3.8) is 0 Å². The van der Waals surface area contributed by atoms with Crippen LogP contribution in [0.1, 0.15) is 25.5 Å². The highest BCUT2D eigenvalue weighted by molar-refractivity contribution is 7.89. The Kier molecular flexibility index (Phi) is 4.67. The van der Waals surface area contributed by atoms with Gasteiger partial charge in [-0.05, 0) is 25.5 Å². The van der Waals surface area contributed by atoms with Gasteiger partial charge in [0.05, 0.1) is 0 Å². The van der Waals surface area contributed by atoms with Crippen LogP contribution in [0.15, 0.2) is 29.8 Å². The molecule has 1 saturated carbocycles. The topological polar surface area (TPSA) is 54.3 Å². The van der Waals surface area contributed by atoms with Gasteiger partial charge in [0.25, 0.3) is 0 Å². The Morgan fingerprint density at radius 3 is 2.80 bits per heavy atom. The molecule has 112 valence electrons. The third kappa shape index (κ3) is 3.13. The van der Waals surface area contributed by atoms with E-state index in [1.807, 2.05) is 18.5 Å². The first-order chi connectivity index (χ1) is 9.50. The van der Waals surface area contributed by atoms with Gasteiger partial charge in [0.1, 0.15) is 4.90 Å². The minimum absolute atomic E-state index is 0.149. The van der Waals surface area contributed by atoms with Crippen LogP contribution < -0.4 is 5.32 Å². The van der Waals surface area contributed by atoms with Crippen LogP contribution in [-0.4, -0.2) is 36.4 Å². The predicted molar refractivity (Wildman–Crippen MR) is 79.9 cm³/mol. The summed E-state index contributed by atoms with van der Waals surface area (Å²) >= 11 is 0. The summed E-state index contributed by atoms with van der Waals surface area (Å²) < 4.78 is 28.8. The van der Waals surface area contributed by atoms with Crippen molar-refractivity contribution < 1.29 is 8.42 Å². The number of aryl methyl sites for hydroxylation is 1. The molecule has 1 aliphatic rings. The van der Waals surface area contributed by atoms with E-state index < -0.39 is 10.0 Å². The monoisotopic (exact) mass is 297 g/mol. The molecular formula is C14H23N3O2S. The van der Waals surface area contributed by atoms with E-state index in [0.29, 0.717) is 18.0 Å². The molecule has 1 N–H and O–H groups in total. The second kappa shape index (κ2) is 6.11. The molecule has 5 nitrogen and oxygen atoms in total. The molecular weight excluding hydrogens is 274 g/mol. The van der Waals surface area contributed by atoms with Crippen LogP contribution in [0.2, 0.25) is 0 Å². The molecule has 0 spiro atoms. The van der Waals surface area contributed by atoms with Gasteiger partial charge in [-0.2, -0.15) is 4.31 Å². The first-order valence-corrected chi connectivity index (χ1v) is 8.43. The summed E-state index contributed by atoms with van der Waals surface area (Å²) in [5.74, 6) is 0. The van der Waals surface area contributed by atoms with E-state index in [2.05, 4.69) is 11.9 Å². The molecule has 1 aromatic rings. The molecule has 1 fully saturated rings. The zero-order valence-corrected chi connectivity index (χ0v) is 13.0. The van der Waals surface area contributed by atoms with E-state index in [4.69, 9.17) is 0 Å². The second-order valence-corrected chi connectivity index (χ2v) is 7.04. The van der Waals surface area contributed by atoms with E-state index in [0.717, 1.165) is 25.1 Å². The molecule has 0 amide bonds. The zero-order chi connectivity index (χ0) is 14.8. The minimum atomic E-state index is -3.41. The van der Waals surface area contributed by atoms with Crippen LogP contribution in [0, 0.1) is 0 Å². The van der Waals surface area contributed by atoms with Crippen LogP contribution in [0.5, 0.6) is 0 Å². The number of aromatic nitrogens is 1. The third-order valence-corrected chi connectivity index (χ3v) is 5.39. The number of rotatable bonds is 8. The molecule has 6 heteroatoms. The summed E-state index contributed by atoms with van der Waals surface area (Å²) in [6, 6.07) is 1.91. The Morgan fingerprint density at radius 1 is 1.55 bits per heavy atom. The lowest BCUT2D eigenvalue weighted by Crippen LogP contribution is -2.33. The minimum Gasteiger partial charge on any atom is -0.352 e. The average Bonchev–Trinajstić information content (AvgIpc) is 3.16. The quantitative estimate of drug-likeness (QED) is 0.739. The van der Waals surface area contributed by atoms with Gasteiger partial charge in [0.2, 0.25) is 10.0 Å². The number of sulfonamides is 1. The Bertz CT molecular complexity index is 573. The second-order valence-electron chi connectivity index (χ2n) is 5.15. The lowest BCUT2D eigenvalue weighted by Gasteiger charge is -2.19. The van der Waals surface area contributed by atoms with Crippen LogP contribution in [0.25, 0.3) is 0 Å². The molecule has 0 aliphatic heterocycles. The number of hydrogen-bond donors (Lipinski definition) is 1. The Hall–Kier alpha value is -1.11. The SMILES string of the molecule is C=CCN(C1CC1)S(=O)(=O)c1cc(CNCC)n(C)c1. The first kappa shape index (κ1) is 15.3. The van der Waals surface area contributed by atoms with Gasteiger partial charge < -0.3 is 9.88 Å². The maximum absolute atomic E-state index is 12.7. The van der Waals surface area contributed by atoms with E-state index in [-0.39, 0.29) is 6.04 Å². The van der Waals surface area contributed by atoms with Gasteiger partial charge in [0.15, 0.2) is 0 Å². The van der Waals surface area contributed by atoms with Crippen molar-refractivity contribution in [3.8, 4) is 0 Å². The van der Waals surface area contributed by atoms with E-state index in [1.54, 1.807) is 22.6 Å². The fourth-order valence-corrected chi connectivity index (χ4v) is 3.97. The average molecular weight is 297 g/mol. The first-order valence-electron chi connectivity index (χ1n) is 6.99. The fraction of sp³-hybridized carbons (Fsp3) is 0.571. The zero-order valence-electron chi connectivity index (χ0n) is 12.2. The molecule has 0 bridgehead atoms. The molecule has 0 unspecified atom stereocenters. The van der Waals surface area contributed by atoms with Crippen molar-refractivity contribution in [1.29, 1.82) is 0 Å². The Labute approximate surface area is 121 Å². The number of nitrogens with one attached hydrogen (secondary N) is 1. The molecule has 0 radical (unpaired) electrons. The van der Waals surface area contributed by atoms with Gasteiger partial charge in [-0.3, -0.25) is 0 Å². The Balaban J connectivity index is 2.26. The summed E-state index contributed by atoms with van der Waals surface area (Å²) in [6.07, 6.45) is 5.24. The van der Waals surface area contributed by atoms with Gasteiger partial charge in [0, 0.05) is 38.1 Å². The molecule has 0 atom stereocenters. The Morgan fingerprint density at radius 2 is 2.25 bits per heavy atom. The van der Waals surface area contributed by atoms with Crippen molar-refractivity contribution in [2.45, 2.75) is 37.2 Å². The highest BCUT2D eigenvalue weighted by Crippen LogP contribution is 2.32. The summed E-state index contributed by atoms with van der Waals surface area (Å²) in [5.41, 5.74) is 0.972. The van der Waals surface area contributed by atoms with Gasteiger partial charge >= 0.3 is 0 Å². The van der Waals surface area contributed by atoms with Crippen molar-refractivity contribution in [2.24, 2.45) is 7.05 Å². The van der Waals surface area contributed by atoms with E-state index >= 15 is 0 Å². The van der Waals surface area contributed by atoms with Gasteiger partial charge in [-0.15, -0.1) is 6.58 Å². The third-order valence-electron chi connectivity index (χ3n) is 3.51. The predicted octanol–water partition coefficient (Wildman–Crippen LogP) is 1.47. The van der Waals surface area contributed by atoms with Crippen molar-refractivity contribution >= 4 is 10.0 Å². The largest absolute Gasteiger partial charge is 0.352 e. The maximum atomic E-state index is 12.7. The number of hydrogen-bond acceptors (Lipinski definition) is 3. The fourth-order valence-electron chi connectivity index (χ4n) is 2.22. The molecule has 1 heterocycles. The summed E-state index contributed by atoms with van der Waals surface area (Å²) in [4.78, 5) is 0.377. The molecule has 0 aromatic carbocycles. The van der Waals surface area contributed by atoms with Crippen LogP contribution in [-0.2, 0) is 23.6 Å². The summed E-state index contributed by atoms with van der Waals surface area (Å²) in [6.45, 7) is 7.60. The van der Waals surface area contributed by atoms with Crippen molar-refractivity contribution in [2.75, 3.05) is 13.1 Å². The highest BCUT2D eigenvalue weighted by atomic mass is 32.2. The van der Waals surface area contributed by atoms with Crippen LogP contribution in [0.4, 0.5) is 0 Å². The normalized spacial score (nSPS) is 15.8. The lowest BCUT2D eigenvalue weighted by molar-refractivity contribution is 0.436. The lowest BCUT2D eigenvalue weighted by atomic mass is 10.4. The molecule has 20 heavy (non-hydrogen) atoms. The maximum Gasteiger partial charge on any atom is 0.245 e. The van der Waals surface area contributed by atoms with Crippen LogP contribution >= 0.6 is 0 Å². The van der Waals surface area contributed by atoms with Crippen molar-refractivity contribution in [3.05, 3.63) is 30.6 Å². The number of nitrogens with zero attached hydrogens (tertiary/aromatic N) is 2. The molecule has 1 aromatic heterocycles. The smallest absolute Gasteiger partial charge is 0.245 e. The van der Waals surface area contributed by atoms with Gasteiger partial charge in [-0.1, -0.05) is 13.0 Å².